The first-order chi connectivity index (χ1) is 19.6. The molecule has 5 rings (SSSR count). The number of para-hydroxylation sites is 2. The van der Waals surface area contributed by atoms with E-state index in [9.17, 15) is 4.57 Å². The molecule has 0 fully saturated rings. The molecule has 1 heterocycles. The van der Waals surface area contributed by atoms with Crippen LogP contribution < -0.4 is 14.4 Å². The lowest BCUT2D eigenvalue weighted by Gasteiger charge is -2.20. The zero-order valence-electron chi connectivity index (χ0n) is 22.6. The Kier molecular flexibility index (Phi) is 9.07. The molecule has 6 heteroatoms. The lowest BCUT2D eigenvalue weighted by molar-refractivity contribution is 0.384. The first kappa shape index (κ1) is 27.4. The molecule has 0 radical (unpaired) electrons. The average molecular weight is 549 g/mol. The Labute approximate surface area is 236 Å². The van der Waals surface area contributed by atoms with E-state index in [-0.39, 0.29) is 6.16 Å². The van der Waals surface area contributed by atoms with Gasteiger partial charge in [-0.05, 0) is 55.8 Å². The standard InChI is InChI=1S/C34H33N2O3P/c1-27-18-20-28(21-19-27)33-23-22-30(36-34(33)29-12-5-2-6-13-29)26-35-24-11-25-40(37,38-31-14-7-3-8-15-31)39-32-16-9-4-10-17-32/h2-10,12-23,35H,11,24-26H2,1H3. The molecular formula is C34H33N2O3P. The predicted octanol–water partition coefficient (Wildman–Crippen LogP) is 8.55. The Morgan fingerprint density at radius 3 is 1.85 bits per heavy atom. The van der Waals surface area contributed by atoms with Crippen LogP contribution in [0.1, 0.15) is 17.7 Å². The van der Waals surface area contributed by atoms with Gasteiger partial charge in [0.2, 0.25) is 0 Å². The van der Waals surface area contributed by atoms with Crippen molar-refractivity contribution in [3.63, 3.8) is 0 Å². The van der Waals surface area contributed by atoms with Crippen LogP contribution in [0.25, 0.3) is 22.4 Å². The largest absolute Gasteiger partial charge is 0.430 e. The van der Waals surface area contributed by atoms with E-state index in [0.29, 0.717) is 31.0 Å². The maximum atomic E-state index is 13.7. The summed E-state index contributed by atoms with van der Waals surface area (Å²) in [6, 6.07) is 41.4. The minimum Gasteiger partial charge on any atom is -0.416 e. The lowest BCUT2D eigenvalue weighted by Crippen LogP contribution is -2.18. The number of rotatable bonds is 12. The van der Waals surface area contributed by atoms with E-state index in [1.807, 2.05) is 54.6 Å². The summed E-state index contributed by atoms with van der Waals surface area (Å²) >= 11 is 0. The van der Waals surface area contributed by atoms with Crippen LogP contribution >= 0.6 is 7.60 Å². The second-order valence-electron chi connectivity index (χ2n) is 9.60. The molecule has 40 heavy (non-hydrogen) atoms. The van der Waals surface area contributed by atoms with Crippen molar-refractivity contribution in [1.82, 2.24) is 10.3 Å². The van der Waals surface area contributed by atoms with Gasteiger partial charge in [-0.3, -0.25) is 4.98 Å². The second kappa shape index (κ2) is 13.3. The van der Waals surface area contributed by atoms with Gasteiger partial charge < -0.3 is 14.4 Å². The molecule has 1 N–H and O–H groups in total. The Morgan fingerprint density at radius 1 is 0.675 bits per heavy atom. The quantitative estimate of drug-likeness (QED) is 0.125. The summed E-state index contributed by atoms with van der Waals surface area (Å²) < 4.78 is 25.5. The van der Waals surface area contributed by atoms with E-state index >= 15 is 0 Å². The summed E-state index contributed by atoms with van der Waals surface area (Å²) in [7, 11) is -3.42. The number of hydrogen-bond acceptors (Lipinski definition) is 5. The van der Waals surface area contributed by atoms with Crippen molar-refractivity contribution in [2.24, 2.45) is 0 Å². The van der Waals surface area contributed by atoms with Crippen LogP contribution in [0, 0.1) is 6.92 Å². The van der Waals surface area contributed by atoms with Crippen LogP contribution in [-0.4, -0.2) is 17.7 Å². The minimum atomic E-state index is -3.42. The first-order valence-electron chi connectivity index (χ1n) is 13.5. The third-order valence-electron chi connectivity index (χ3n) is 6.43. The molecule has 0 aliphatic rings. The van der Waals surface area contributed by atoms with Gasteiger partial charge in [-0.2, -0.15) is 0 Å². The molecule has 202 valence electrons. The normalized spacial score (nSPS) is 11.2. The predicted molar refractivity (Wildman–Crippen MR) is 163 cm³/mol. The smallest absolute Gasteiger partial charge is 0.416 e. The first-order valence-corrected chi connectivity index (χ1v) is 15.2. The van der Waals surface area contributed by atoms with Crippen LogP contribution in [0.5, 0.6) is 11.5 Å². The van der Waals surface area contributed by atoms with E-state index in [4.69, 9.17) is 14.0 Å². The summed E-state index contributed by atoms with van der Waals surface area (Å²) in [6.45, 7) is 3.33. The van der Waals surface area contributed by atoms with Crippen LogP contribution in [-0.2, 0) is 11.1 Å². The second-order valence-corrected chi connectivity index (χ2v) is 11.6. The van der Waals surface area contributed by atoms with E-state index in [1.165, 1.54) is 5.56 Å². The van der Waals surface area contributed by atoms with E-state index < -0.39 is 7.60 Å². The lowest BCUT2D eigenvalue weighted by atomic mass is 9.98. The third kappa shape index (κ3) is 7.47. The molecule has 0 saturated heterocycles. The monoisotopic (exact) mass is 548 g/mol. The van der Waals surface area contributed by atoms with Gasteiger partial charge in [-0.1, -0.05) is 103 Å². The minimum absolute atomic E-state index is 0.277. The SMILES string of the molecule is Cc1ccc(-c2ccc(CNCCCP(=O)(Oc3ccccc3)Oc3ccccc3)nc2-c2ccccc2)cc1. The third-order valence-corrected chi connectivity index (χ3v) is 8.27. The highest BCUT2D eigenvalue weighted by Gasteiger charge is 2.27. The van der Waals surface area contributed by atoms with Gasteiger partial charge in [0.1, 0.15) is 11.5 Å². The van der Waals surface area contributed by atoms with Gasteiger partial charge in [0.05, 0.1) is 17.5 Å². The summed E-state index contributed by atoms with van der Waals surface area (Å²) in [6.07, 6.45) is 0.892. The zero-order valence-corrected chi connectivity index (χ0v) is 23.5. The molecule has 0 atom stereocenters. The van der Waals surface area contributed by atoms with Crippen molar-refractivity contribution in [2.75, 3.05) is 12.7 Å². The highest BCUT2D eigenvalue weighted by molar-refractivity contribution is 7.54. The van der Waals surface area contributed by atoms with E-state index in [2.05, 4.69) is 60.8 Å². The van der Waals surface area contributed by atoms with Crippen molar-refractivity contribution in [2.45, 2.75) is 19.9 Å². The topological polar surface area (TPSA) is 60.5 Å². The summed E-state index contributed by atoms with van der Waals surface area (Å²) in [5.41, 5.74) is 6.46. The summed E-state index contributed by atoms with van der Waals surface area (Å²) in [5.74, 6) is 1.06. The van der Waals surface area contributed by atoms with Crippen molar-refractivity contribution < 1.29 is 13.6 Å². The van der Waals surface area contributed by atoms with Gasteiger partial charge in [0.25, 0.3) is 0 Å². The van der Waals surface area contributed by atoms with Crippen LogP contribution in [0.15, 0.2) is 127 Å². The van der Waals surface area contributed by atoms with Crippen LogP contribution in [0.3, 0.4) is 0 Å². The Bertz CT molecular complexity index is 1500. The van der Waals surface area contributed by atoms with Crippen molar-refractivity contribution in [3.8, 4) is 33.9 Å². The molecule has 0 bridgehead atoms. The fourth-order valence-electron chi connectivity index (χ4n) is 4.39. The number of aryl methyl sites for hydroxylation is 1. The van der Waals surface area contributed by atoms with Crippen molar-refractivity contribution in [3.05, 3.63) is 139 Å². The maximum Gasteiger partial charge on any atom is 0.430 e. The Balaban J connectivity index is 1.24. The summed E-state index contributed by atoms with van der Waals surface area (Å²) in [4.78, 5) is 5.03. The molecule has 0 unspecified atom stereocenters. The molecule has 0 spiro atoms. The highest BCUT2D eigenvalue weighted by atomic mass is 31.2. The number of nitrogens with one attached hydrogen (secondary N) is 1. The van der Waals surface area contributed by atoms with Gasteiger partial charge in [0, 0.05) is 17.7 Å². The van der Waals surface area contributed by atoms with Gasteiger partial charge in [-0.15, -0.1) is 0 Å². The van der Waals surface area contributed by atoms with Crippen molar-refractivity contribution in [1.29, 1.82) is 0 Å². The van der Waals surface area contributed by atoms with E-state index in [0.717, 1.165) is 28.1 Å². The number of benzene rings is 4. The summed E-state index contributed by atoms with van der Waals surface area (Å²) in [5, 5.41) is 3.45. The van der Waals surface area contributed by atoms with Gasteiger partial charge in [-0.25, -0.2) is 4.57 Å². The fourth-order valence-corrected chi connectivity index (χ4v) is 6.04. The molecule has 4 aromatic carbocycles. The molecule has 5 nitrogen and oxygen atoms in total. The molecule has 0 aliphatic carbocycles. The average Bonchev–Trinajstić information content (AvgIpc) is 2.99. The van der Waals surface area contributed by atoms with Gasteiger partial charge >= 0.3 is 7.60 Å². The number of pyridine rings is 1. The molecule has 0 amide bonds. The Morgan fingerprint density at radius 2 is 1.25 bits per heavy atom. The van der Waals surface area contributed by atoms with Crippen LogP contribution in [0.2, 0.25) is 0 Å². The fraction of sp³-hybridized carbons (Fsp3) is 0.147. The molecular weight excluding hydrogens is 515 g/mol. The maximum absolute atomic E-state index is 13.7. The van der Waals surface area contributed by atoms with Gasteiger partial charge in [0.15, 0.2) is 0 Å². The number of hydrogen-bond donors (Lipinski definition) is 1. The molecule has 5 aromatic rings. The molecule has 0 saturated carbocycles. The highest BCUT2D eigenvalue weighted by Crippen LogP contribution is 2.48. The number of aromatic nitrogens is 1. The van der Waals surface area contributed by atoms with E-state index in [1.54, 1.807) is 24.3 Å². The van der Waals surface area contributed by atoms with Crippen LogP contribution in [0.4, 0.5) is 0 Å². The molecule has 1 aromatic heterocycles. The van der Waals surface area contributed by atoms with Crippen molar-refractivity contribution >= 4 is 7.60 Å². The zero-order chi connectivity index (χ0) is 27.6. The number of nitrogens with zero attached hydrogens (tertiary/aromatic N) is 1. The Hall–Kier alpha value is -4.18. The molecule has 0 aliphatic heterocycles.